The molecule has 0 aliphatic carbocycles. The second kappa shape index (κ2) is 6.49. The number of aliphatic hydroxyl groups is 3. The number of hydrogen-bond acceptors (Lipinski definition) is 10. The topological polar surface area (TPSA) is 157 Å². The van der Waals surface area contributed by atoms with E-state index in [4.69, 9.17) is 4.74 Å². The Hall–Kier alpha value is -1.53. The Morgan fingerprint density at radius 2 is 2.14 bits per heavy atom. The van der Waals surface area contributed by atoms with Crippen molar-refractivity contribution in [3.8, 4) is 0 Å². The van der Waals surface area contributed by atoms with Crippen molar-refractivity contribution in [3.05, 3.63) is 15.3 Å². The van der Waals surface area contributed by atoms with Gasteiger partial charge in [-0.25, -0.2) is 4.98 Å². The van der Waals surface area contributed by atoms with E-state index in [-0.39, 0.29) is 17.6 Å². The second-order valence-corrected chi connectivity index (χ2v) is 5.11. The van der Waals surface area contributed by atoms with Crippen molar-refractivity contribution >= 4 is 23.3 Å². The van der Waals surface area contributed by atoms with Crippen LogP contribution in [0, 0.1) is 4.91 Å². The van der Waals surface area contributed by atoms with Gasteiger partial charge < -0.3 is 25.4 Å². The van der Waals surface area contributed by atoms with Gasteiger partial charge in [0.05, 0.1) is 6.61 Å². The number of H-pyrrole nitrogens is 1. The standard InChI is InChI=1S/C10H14N4O6S/c1-21-10-12-7(4(14-19)8(18)13-10)11-9-6(17)5(16)3(15)2-20-9/h3,5-6,9,15-17H,2H2,1H3,(H2,11,12,13,18)/t3-,5+,6-,9?/m1/s1. The van der Waals surface area contributed by atoms with Gasteiger partial charge in [-0.15, -0.1) is 4.91 Å². The number of aromatic nitrogens is 2. The summed E-state index contributed by atoms with van der Waals surface area (Å²) in [5.74, 6) is -0.175. The molecule has 0 saturated carbocycles. The zero-order chi connectivity index (χ0) is 15.6. The van der Waals surface area contributed by atoms with Crippen LogP contribution in [0.2, 0.25) is 0 Å². The molecule has 1 aliphatic rings. The molecular weight excluding hydrogens is 304 g/mol. The number of ether oxygens (including phenoxy) is 1. The summed E-state index contributed by atoms with van der Waals surface area (Å²) in [6, 6.07) is 0. The minimum absolute atomic E-state index is 0.175. The van der Waals surface area contributed by atoms with E-state index in [9.17, 15) is 25.0 Å². The smallest absolute Gasteiger partial charge is 0.283 e. The maximum Gasteiger partial charge on any atom is 0.283 e. The number of nitrogens with one attached hydrogen (secondary N) is 2. The first-order valence-electron chi connectivity index (χ1n) is 5.92. The van der Waals surface area contributed by atoms with Crippen LogP contribution in [0.1, 0.15) is 0 Å². The van der Waals surface area contributed by atoms with Crippen LogP contribution in [-0.4, -0.2) is 62.7 Å². The van der Waals surface area contributed by atoms with Crippen LogP contribution in [-0.2, 0) is 4.74 Å². The molecule has 1 aromatic rings. The van der Waals surface area contributed by atoms with E-state index in [1.54, 1.807) is 6.26 Å². The summed E-state index contributed by atoms with van der Waals surface area (Å²) in [4.78, 5) is 28.7. The molecule has 4 atom stereocenters. The first kappa shape index (κ1) is 15.9. The third-order valence-electron chi connectivity index (χ3n) is 2.94. The zero-order valence-electron chi connectivity index (χ0n) is 10.9. The first-order chi connectivity index (χ1) is 9.97. The molecule has 0 amide bonds. The van der Waals surface area contributed by atoms with Gasteiger partial charge in [-0.05, 0) is 11.4 Å². The zero-order valence-corrected chi connectivity index (χ0v) is 11.7. The Kier molecular flexibility index (Phi) is 4.90. The fourth-order valence-electron chi connectivity index (χ4n) is 1.80. The van der Waals surface area contributed by atoms with Crippen molar-refractivity contribution in [1.29, 1.82) is 0 Å². The minimum atomic E-state index is -1.47. The highest BCUT2D eigenvalue weighted by atomic mass is 32.2. The number of thioether (sulfide) groups is 1. The molecule has 11 heteroatoms. The van der Waals surface area contributed by atoms with Crippen molar-refractivity contribution in [1.82, 2.24) is 9.97 Å². The highest BCUT2D eigenvalue weighted by Crippen LogP contribution is 2.24. The predicted octanol–water partition coefficient (Wildman–Crippen LogP) is -1.26. The van der Waals surface area contributed by atoms with Crippen molar-refractivity contribution in [2.45, 2.75) is 29.7 Å². The van der Waals surface area contributed by atoms with E-state index in [1.807, 2.05) is 0 Å². The Morgan fingerprint density at radius 1 is 1.43 bits per heavy atom. The van der Waals surface area contributed by atoms with Gasteiger partial charge in [0.15, 0.2) is 17.2 Å². The van der Waals surface area contributed by atoms with Crippen molar-refractivity contribution in [2.75, 3.05) is 18.2 Å². The average molecular weight is 318 g/mol. The summed E-state index contributed by atoms with van der Waals surface area (Å²) in [5.41, 5.74) is -1.23. The molecule has 0 aromatic carbocycles. The van der Waals surface area contributed by atoms with Crippen LogP contribution in [0.3, 0.4) is 0 Å². The van der Waals surface area contributed by atoms with Crippen molar-refractivity contribution in [2.24, 2.45) is 5.18 Å². The number of nitroso groups, excluding NO2 is 1. The van der Waals surface area contributed by atoms with Gasteiger partial charge in [0.2, 0.25) is 5.69 Å². The number of anilines is 1. The minimum Gasteiger partial charge on any atom is -0.388 e. The van der Waals surface area contributed by atoms with Crippen LogP contribution in [0.15, 0.2) is 15.1 Å². The molecule has 21 heavy (non-hydrogen) atoms. The Balaban J connectivity index is 2.28. The molecule has 0 spiro atoms. The lowest BCUT2D eigenvalue weighted by molar-refractivity contribution is -0.178. The van der Waals surface area contributed by atoms with E-state index in [2.05, 4.69) is 20.5 Å². The van der Waals surface area contributed by atoms with Crippen molar-refractivity contribution in [3.63, 3.8) is 0 Å². The van der Waals surface area contributed by atoms with E-state index in [0.717, 1.165) is 11.8 Å². The lowest BCUT2D eigenvalue weighted by Crippen LogP contribution is -2.55. The molecule has 0 radical (unpaired) electrons. The van der Waals surface area contributed by atoms with Crippen LogP contribution in [0.5, 0.6) is 0 Å². The molecule has 1 fully saturated rings. The predicted molar refractivity (Wildman–Crippen MR) is 73.5 cm³/mol. The van der Waals surface area contributed by atoms with Gasteiger partial charge in [-0.1, -0.05) is 11.8 Å². The molecule has 10 nitrogen and oxygen atoms in total. The van der Waals surface area contributed by atoms with E-state index in [1.165, 1.54) is 0 Å². The Bertz CT molecular complexity index is 581. The van der Waals surface area contributed by atoms with Crippen LogP contribution >= 0.6 is 11.8 Å². The van der Waals surface area contributed by atoms with Gasteiger partial charge in [-0.2, -0.15) is 0 Å². The van der Waals surface area contributed by atoms with Gasteiger partial charge >= 0.3 is 0 Å². The molecule has 2 rings (SSSR count). The quantitative estimate of drug-likeness (QED) is 0.259. The highest BCUT2D eigenvalue weighted by Gasteiger charge is 2.38. The molecule has 1 unspecified atom stereocenters. The van der Waals surface area contributed by atoms with Crippen LogP contribution in [0.4, 0.5) is 11.5 Å². The third-order valence-corrected chi connectivity index (χ3v) is 3.52. The van der Waals surface area contributed by atoms with Gasteiger partial charge in [-0.3, -0.25) is 9.78 Å². The first-order valence-corrected chi connectivity index (χ1v) is 7.14. The number of hydrogen-bond donors (Lipinski definition) is 5. The maximum absolute atomic E-state index is 11.7. The number of aromatic amines is 1. The molecule has 1 aliphatic heterocycles. The number of nitrogens with zero attached hydrogens (tertiary/aromatic N) is 2. The summed E-state index contributed by atoms with van der Waals surface area (Å²) >= 11 is 1.14. The highest BCUT2D eigenvalue weighted by molar-refractivity contribution is 7.98. The molecule has 0 bridgehead atoms. The van der Waals surface area contributed by atoms with Crippen molar-refractivity contribution < 1.29 is 20.1 Å². The largest absolute Gasteiger partial charge is 0.388 e. The maximum atomic E-state index is 11.7. The van der Waals surface area contributed by atoms with Crippen LogP contribution in [0.25, 0.3) is 0 Å². The molecule has 2 heterocycles. The summed E-state index contributed by atoms with van der Waals surface area (Å²) in [6.07, 6.45) is -3.59. The van der Waals surface area contributed by atoms with E-state index in [0.29, 0.717) is 0 Å². The normalized spacial score (nSPS) is 29.1. The monoisotopic (exact) mass is 318 g/mol. The fraction of sp³-hybridized carbons (Fsp3) is 0.600. The lowest BCUT2D eigenvalue weighted by atomic mass is 10.0. The molecule has 5 N–H and O–H groups in total. The van der Waals surface area contributed by atoms with Gasteiger partial charge in [0.25, 0.3) is 5.56 Å². The summed E-state index contributed by atoms with van der Waals surface area (Å²) < 4.78 is 5.12. The average Bonchev–Trinajstić information content (AvgIpc) is 2.47. The Morgan fingerprint density at radius 3 is 2.76 bits per heavy atom. The number of rotatable bonds is 4. The summed E-state index contributed by atoms with van der Waals surface area (Å²) in [5, 5.41) is 34.1. The fourth-order valence-corrected chi connectivity index (χ4v) is 2.17. The van der Waals surface area contributed by atoms with E-state index < -0.39 is 35.8 Å². The molecule has 116 valence electrons. The molecule has 1 saturated heterocycles. The molecular formula is C10H14N4O6S. The Labute approximate surface area is 122 Å². The summed E-state index contributed by atoms with van der Waals surface area (Å²) in [7, 11) is 0. The SMILES string of the molecule is CSc1nc(NC2OC[C@@H](O)[C@H](O)[C@H]2O)c(N=O)c(=O)[nH]1. The van der Waals surface area contributed by atoms with Crippen LogP contribution < -0.4 is 10.9 Å². The lowest BCUT2D eigenvalue weighted by Gasteiger charge is -2.35. The van der Waals surface area contributed by atoms with E-state index >= 15 is 0 Å². The van der Waals surface area contributed by atoms with Gasteiger partial charge in [0.1, 0.15) is 18.3 Å². The molecule has 1 aromatic heterocycles. The second-order valence-electron chi connectivity index (χ2n) is 4.31. The van der Waals surface area contributed by atoms with Gasteiger partial charge in [0, 0.05) is 0 Å². The summed E-state index contributed by atoms with van der Waals surface area (Å²) in [6.45, 7) is -0.224. The third kappa shape index (κ3) is 3.22. The number of aliphatic hydroxyl groups excluding tert-OH is 3.